The molecule has 0 bridgehead atoms. The Labute approximate surface area is 119 Å². The van der Waals surface area contributed by atoms with Gasteiger partial charge in [-0.25, -0.2) is 0 Å². The minimum absolute atomic E-state index is 0.220. The Balaban J connectivity index is 0.000000219. The Bertz CT molecular complexity index is 615. The maximum atomic E-state index is 10.3. The smallest absolute Gasteiger partial charge is 0.0721 e. The van der Waals surface area contributed by atoms with E-state index in [1.54, 1.807) is 18.2 Å². The van der Waals surface area contributed by atoms with Crippen LogP contribution in [0.1, 0.15) is 31.1 Å². The van der Waals surface area contributed by atoms with Crippen LogP contribution >= 0.6 is 0 Å². The summed E-state index contributed by atoms with van der Waals surface area (Å²) < 4.78 is 0. The molecule has 0 aromatic heterocycles. The summed E-state index contributed by atoms with van der Waals surface area (Å²) in [5.74, 6) is -4.17. The van der Waals surface area contributed by atoms with Crippen LogP contribution in [0.15, 0.2) is 54.6 Å². The fraction of sp³-hybridized carbons (Fsp3) is 0. The second-order valence-electron chi connectivity index (χ2n) is 3.77. The Kier molecular flexibility index (Phi) is 5.64. The zero-order valence-corrected chi connectivity index (χ0v) is 10.6. The molecule has 0 fully saturated rings. The van der Waals surface area contributed by atoms with Crippen molar-refractivity contribution in [2.45, 2.75) is 0 Å². The van der Waals surface area contributed by atoms with Crippen LogP contribution in [0.25, 0.3) is 0 Å². The molecule has 0 saturated heterocycles. The van der Waals surface area contributed by atoms with Crippen LogP contribution < -0.4 is 15.3 Å². The Morgan fingerprint density at radius 2 is 0.952 bits per heavy atom. The molecule has 2 rings (SSSR count). The van der Waals surface area contributed by atoms with E-state index in [1.165, 1.54) is 24.3 Å². The molecule has 0 saturated carbocycles. The monoisotopic (exact) mass is 285 g/mol. The van der Waals surface area contributed by atoms with Crippen molar-refractivity contribution in [1.29, 1.82) is 0 Å². The fourth-order valence-corrected chi connectivity index (χ4v) is 1.41. The molecule has 21 heavy (non-hydrogen) atoms. The highest BCUT2D eigenvalue weighted by Crippen LogP contribution is 2.05. The number of carbonyl (C=O) groups excluding carboxylic acids is 3. The van der Waals surface area contributed by atoms with E-state index in [1.807, 2.05) is 0 Å². The highest BCUT2D eigenvalue weighted by molar-refractivity contribution is 5.99. The first kappa shape index (κ1) is 15.9. The van der Waals surface area contributed by atoms with E-state index in [4.69, 9.17) is 0 Å². The topological polar surface area (TPSA) is 120 Å². The molecule has 0 radical (unpaired) electrons. The number of benzene rings is 2. The predicted octanol–water partition coefficient (Wildman–Crippen LogP) is -1.54. The quantitative estimate of drug-likeness (QED) is 0.674. The second kappa shape index (κ2) is 7.44. The molecular weight excluding hydrogens is 276 g/mol. The van der Waals surface area contributed by atoms with Crippen molar-refractivity contribution in [2.75, 3.05) is 0 Å². The minimum Gasteiger partial charge on any atom is -0.545 e. The lowest BCUT2D eigenvalue weighted by Gasteiger charge is -2.09. The van der Waals surface area contributed by atoms with Gasteiger partial charge in [0.1, 0.15) is 0 Å². The van der Waals surface area contributed by atoms with Gasteiger partial charge in [0.05, 0.1) is 17.9 Å². The maximum Gasteiger partial charge on any atom is 0.0721 e. The van der Waals surface area contributed by atoms with Crippen molar-refractivity contribution in [3.05, 3.63) is 71.3 Å². The van der Waals surface area contributed by atoms with Gasteiger partial charge in [0, 0.05) is 11.1 Å². The molecule has 0 N–H and O–H groups in total. The van der Waals surface area contributed by atoms with Crippen LogP contribution in [-0.4, -0.2) is 17.9 Å². The lowest BCUT2D eigenvalue weighted by atomic mass is 10.1. The van der Waals surface area contributed by atoms with E-state index in [2.05, 4.69) is 0 Å². The van der Waals surface area contributed by atoms with E-state index in [0.29, 0.717) is 0 Å². The van der Waals surface area contributed by atoms with Gasteiger partial charge in [0.15, 0.2) is 0 Å². The van der Waals surface area contributed by atoms with Crippen LogP contribution in [0.5, 0.6) is 0 Å². The van der Waals surface area contributed by atoms with Gasteiger partial charge in [-0.3, -0.25) is 0 Å². The Morgan fingerprint density at radius 3 is 1.24 bits per heavy atom. The van der Waals surface area contributed by atoms with E-state index in [0.717, 1.165) is 12.1 Å². The van der Waals surface area contributed by atoms with E-state index >= 15 is 0 Å². The van der Waals surface area contributed by atoms with Gasteiger partial charge in [0.2, 0.25) is 0 Å². The third kappa shape index (κ3) is 4.79. The summed E-state index contributed by atoms with van der Waals surface area (Å²) in [6.45, 7) is 0. The summed E-state index contributed by atoms with van der Waals surface area (Å²) in [5.41, 5.74) is -0.507. The summed E-state index contributed by atoms with van der Waals surface area (Å²) in [5, 5.41) is 30.7. The van der Waals surface area contributed by atoms with Gasteiger partial charge < -0.3 is 29.7 Å². The van der Waals surface area contributed by atoms with Crippen molar-refractivity contribution in [1.82, 2.24) is 0 Å². The number of rotatable bonds is 3. The molecule has 0 heterocycles. The molecule has 0 unspecified atom stereocenters. The molecule has 6 heteroatoms. The zero-order valence-electron chi connectivity index (χ0n) is 10.6. The lowest BCUT2D eigenvalue weighted by Crippen LogP contribution is -2.29. The second-order valence-corrected chi connectivity index (χ2v) is 3.77. The van der Waals surface area contributed by atoms with Crippen LogP contribution in [0, 0.1) is 0 Å². The third-order valence-corrected chi connectivity index (χ3v) is 2.38. The number of carboxylic acids is 3. The molecule has 0 amide bonds. The average molecular weight is 285 g/mol. The molecular formula is C15H9O6-3. The Morgan fingerprint density at radius 1 is 0.571 bits per heavy atom. The number of hydrogen-bond donors (Lipinski definition) is 0. The van der Waals surface area contributed by atoms with Crippen molar-refractivity contribution in [3.63, 3.8) is 0 Å². The summed E-state index contributed by atoms with van der Waals surface area (Å²) in [4.78, 5) is 30.7. The lowest BCUT2D eigenvalue weighted by molar-refractivity contribution is -0.259. The van der Waals surface area contributed by atoms with Crippen molar-refractivity contribution in [3.8, 4) is 0 Å². The summed E-state index contributed by atoms with van der Waals surface area (Å²) in [7, 11) is 0. The van der Waals surface area contributed by atoms with Crippen LogP contribution in [-0.2, 0) is 0 Å². The van der Waals surface area contributed by atoms with Crippen LogP contribution in [0.3, 0.4) is 0 Å². The number of hydrogen-bond acceptors (Lipinski definition) is 6. The number of carbonyl (C=O) groups is 3. The SMILES string of the molecule is O=C([O-])c1ccccc1.O=C([O-])c1ccccc1C(=O)[O-]. The first-order chi connectivity index (χ1) is 9.93. The number of carboxylic acid groups (broad SMARTS) is 3. The van der Waals surface area contributed by atoms with E-state index in [-0.39, 0.29) is 16.7 Å². The molecule has 2 aromatic rings. The van der Waals surface area contributed by atoms with Crippen molar-refractivity contribution in [2.24, 2.45) is 0 Å². The fourth-order valence-electron chi connectivity index (χ4n) is 1.41. The van der Waals surface area contributed by atoms with Gasteiger partial charge in [-0.05, 0) is 5.56 Å². The normalized spacial score (nSPS) is 9.14. The van der Waals surface area contributed by atoms with Crippen molar-refractivity contribution < 1.29 is 29.7 Å². The van der Waals surface area contributed by atoms with Gasteiger partial charge in [0.25, 0.3) is 0 Å². The molecule has 0 aliphatic carbocycles. The third-order valence-electron chi connectivity index (χ3n) is 2.38. The summed E-state index contributed by atoms with van der Waals surface area (Å²) in [6.07, 6.45) is 0. The molecule has 6 nitrogen and oxygen atoms in total. The first-order valence-corrected chi connectivity index (χ1v) is 5.71. The van der Waals surface area contributed by atoms with Gasteiger partial charge >= 0.3 is 0 Å². The standard InChI is InChI=1S/C8H6O4.C7H6O2/c9-7(10)5-3-1-2-4-6(5)8(11)12;8-7(9)6-4-2-1-3-5-6/h1-4H,(H,9,10)(H,11,12);1-5H,(H,8,9)/p-3. The van der Waals surface area contributed by atoms with E-state index < -0.39 is 17.9 Å². The predicted molar refractivity (Wildman–Crippen MR) is 65.9 cm³/mol. The highest BCUT2D eigenvalue weighted by Gasteiger charge is 2.01. The molecule has 108 valence electrons. The molecule has 0 spiro atoms. The minimum atomic E-state index is -1.52. The summed E-state index contributed by atoms with van der Waals surface area (Å²) in [6, 6.07) is 13.2. The molecule has 0 aliphatic rings. The zero-order chi connectivity index (χ0) is 15.8. The number of aromatic carboxylic acids is 3. The average Bonchev–Trinajstić information content (AvgIpc) is 2.48. The van der Waals surface area contributed by atoms with Gasteiger partial charge in [-0.1, -0.05) is 54.6 Å². The molecule has 2 aromatic carbocycles. The van der Waals surface area contributed by atoms with Gasteiger partial charge in [-0.15, -0.1) is 0 Å². The van der Waals surface area contributed by atoms with Gasteiger partial charge in [-0.2, -0.15) is 0 Å². The van der Waals surface area contributed by atoms with Crippen LogP contribution in [0.2, 0.25) is 0 Å². The van der Waals surface area contributed by atoms with E-state index in [9.17, 15) is 29.7 Å². The van der Waals surface area contributed by atoms with Crippen LogP contribution in [0.4, 0.5) is 0 Å². The molecule has 0 atom stereocenters. The largest absolute Gasteiger partial charge is 0.545 e. The Hall–Kier alpha value is -3.15. The first-order valence-electron chi connectivity index (χ1n) is 5.71. The highest BCUT2D eigenvalue weighted by atomic mass is 16.4. The molecule has 0 aliphatic heterocycles. The summed E-state index contributed by atoms with van der Waals surface area (Å²) >= 11 is 0. The van der Waals surface area contributed by atoms with Crippen molar-refractivity contribution >= 4 is 17.9 Å². The maximum absolute atomic E-state index is 10.3.